The predicted octanol–water partition coefficient (Wildman–Crippen LogP) is 2.94. The summed E-state index contributed by atoms with van der Waals surface area (Å²) in [6, 6.07) is 0. The number of carbonyl (C=O) groups is 1. The molecular formula is C13H16F3NO2S. The van der Waals surface area contributed by atoms with Gasteiger partial charge < -0.3 is 10.1 Å². The second-order valence-electron chi connectivity index (χ2n) is 4.68. The lowest BCUT2D eigenvalue weighted by molar-refractivity contribution is -0.173. The Bertz CT molecular complexity index is 471. The number of fused-ring (bicyclic) bond motifs is 1. The van der Waals surface area contributed by atoms with Crippen molar-refractivity contribution in [3.05, 3.63) is 21.4 Å². The van der Waals surface area contributed by atoms with Crippen LogP contribution in [0.25, 0.3) is 0 Å². The molecule has 0 bridgehead atoms. The number of hydrogen-bond donors (Lipinski definition) is 1. The maximum atomic E-state index is 12.0. The molecule has 7 heteroatoms. The summed E-state index contributed by atoms with van der Waals surface area (Å²) in [6.45, 7) is -1.34. The third-order valence-corrected chi connectivity index (χ3v) is 4.19. The molecule has 0 aromatic carbocycles. The molecule has 1 aliphatic rings. The lowest BCUT2D eigenvalue weighted by atomic mass is 9.96. The van der Waals surface area contributed by atoms with Crippen molar-refractivity contribution < 1.29 is 22.7 Å². The highest BCUT2D eigenvalue weighted by Gasteiger charge is 2.27. The third kappa shape index (κ3) is 4.21. The second-order valence-corrected chi connectivity index (χ2v) is 5.65. The fourth-order valence-corrected chi connectivity index (χ4v) is 3.33. The Hall–Kier alpha value is -1.08. The molecule has 2 rings (SSSR count). The lowest BCUT2D eigenvalue weighted by Gasteiger charge is -2.13. The van der Waals surface area contributed by atoms with Crippen LogP contribution in [0.3, 0.4) is 0 Å². The first kappa shape index (κ1) is 15.3. The standard InChI is InChI=1S/C13H16F3NO2S/c14-13(15,16)8-19-6-5-17-12(18)10-7-20-11-4-2-1-3-9(10)11/h7H,1-6,8H2,(H,17,18). The molecule has 0 saturated heterocycles. The fraction of sp³-hybridized carbons (Fsp3) is 0.615. The van der Waals surface area contributed by atoms with Crippen molar-refractivity contribution in [2.75, 3.05) is 19.8 Å². The van der Waals surface area contributed by atoms with Crippen molar-refractivity contribution in [3.8, 4) is 0 Å². The van der Waals surface area contributed by atoms with Crippen LogP contribution in [0.4, 0.5) is 13.2 Å². The van der Waals surface area contributed by atoms with E-state index in [1.807, 2.05) is 5.38 Å². The van der Waals surface area contributed by atoms with Gasteiger partial charge in [0.25, 0.3) is 5.91 Å². The van der Waals surface area contributed by atoms with Gasteiger partial charge in [0.2, 0.25) is 0 Å². The topological polar surface area (TPSA) is 38.3 Å². The number of carbonyl (C=O) groups excluding carboxylic acids is 1. The minimum Gasteiger partial charge on any atom is -0.370 e. The molecule has 1 aromatic rings. The molecule has 1 aliphatic carbocycles. The van der Waals surface area contributed by atoms with Crippen LogP contribution >= 0.6 is 11.3 Å². The number of aryl methyl sites for hydroxylation is 1. The molecular weight excluding hydrogens is 291 g/mol. The highest BCUT2D eigenvalue weighted by Crippen LogP contribution is 2.30. The van der Waals surface area contributed by atoms with E-state index in [4.69, 9.17) is 0 Å². The number of halogens is 3. The van der Waals surface area contributed by atoms with E-state index in [1.54, 1.807) is 11.3 Å². The van der Waals surface area contributed by atoms with Gasteiger partial charge in [-0.15, -0.1) is 11.3 Å². The number of hydrogen-bond acceptors (Lipinski definition) is 3. The van der Waals surface area contributed by atoms with Crippen LogP contribution in [-0.4, -0.2) is 31.8 Å². The van der Waals surface area contributed by atoms with Crippen LogP contribution in [0.2, 0.25) is 0 Å². The molecule has 0 unspecified atom stereocenters. The SMILES string of the molecule is O=C(NCCOCC(F)(F)F)c1csc2c1CCCC2. The van der Waals surface area contributed by atoms with Gasteiger partial charge in [0, 0.05) is 16.8 Å². The van der Waals surface area contributed by atoms with Gasteiger partial charge in [0.05, 0.1) is 12.2 Å². The van der Waals surface area contributed by atoms with Gasteiger partial charge >= 0.3 is 6.18 Å². The molecule has 20 heavy (non-hydrogen) atoms. The van der Waals surface area contributed by atoms with Crippen LogP contribution in [0, 0.1) is 0 Å². The summed E-state index contributed by atoms with van der Waals surface area (Å²) in [4.78, 5) is 13.2. The summed E-state index contributed by atoms with van der Waals surface area (Å²) in [6.07, 6.45) is -0.164. The van der Waals surface area contributed by atoms with Crippen molar-refractivity contribution in [2.45, 2.75) is 31.9 Å². The number of thiophene rings is 1. The Morgan fingerprint density at radius 1 is 1.35 bits per heavy atom. The monoisotopic (exact) mass is 307 g/mol. The average molecular weight is 307 g/mol. The summed E-state index contributed by atoms with van der Waals surface area (Å²) >= 11 is 1.59. The number of alkyl halides is 3. The van der Waals surface area contributed by atoms with E-state index < -0.39 is 12.8 Å². The van der Waals surface area contributed by atoms with E-state index in [0.717, 1.165) is 31.2 Å². The molecule has 0 radical (unpaired) electrons. The predicted molar refractivity (Wildman–Crippen MR) is 70.2 cm³/mol. The first-order valence-corrected chi connectivity index (χ1v) is 7.37. The zero-order chi connectivity index (χ0) is 14.6. The largest absolute Gasteiger partial charge is 0.411 e. The molecule has 3 nitrogen and oxygen atoms in total. The molecule has 1 aromatic heterocycles. The van der Waals surface area contributed by atoms with E-state index in [-0.39, 0.29) is 19.1 Å². The normalized spacial score (nSPS) is 14.9. The molecule has 1 amide bonds. The Balaban J connectivity index is 1.77. The lowest BCUT2D eigenvalue weighted by Crippen LogP contribution is -2.29. The molecule has 0 fully saturated rings. The number of ether oxygens (including phenoxy) is 1. The summed E-state index contributed by atoms with van der Waals surface area (Å²) < 4.78 is 40.0. The number of rotatable bonds is 5. The molecule has 0 saturated carbocycles. The second kappa shape index (κ2) is 6.58. The van der Waals surface area contributed by atoms with E-state index in [9.17, 15) is 18.0 Å². The fourth-order valence-electron chi connectivity index (χ4n) is 2.20. The third-order valence-electron chi connectivity index (χ3n) is 3.10. The Labute approximate surface area is 119 Å². The zero-order valence-electron chi connectivity index (χ0n) is 10.9. The van der Waals surface area contributed by atoms with E-state index in [1.165, 1.54) is 4.88 Å². The van der Waals surface area contributed by atoms with Gasteiger partial charge in [-0.05, 0) is 31.2 Å². The van der Waals surface area contributed by atoms with Crippen molar-refractivity contribution in [1.82, 2.24) is 5.32 Å². The molecule has 112 valence electrons. The van der Waals surface area contributed by atoms with Gasteiger partial charge in [-0.2, -0.15) is 13.2 Å². The van der Waals surface area contributed by atoms with Gasteiger partial charge in [-0.3, -0.25) is 4.79 Å². The maximum absolute atomic E-state index is 12.0. The van der Waals surface area contributed by atoms with Crippen LogP contribution in [0.1, 0.15) is 33.6 Å². The molecule has 0 spiro atoms. The minimum absolute atomic E-state index is 0.0829. The smallest absolute Gasteiger partial charge is 0.370 e. The summed E-state index contributed by atoms with van der Waals surface area (Å²) in [5, 5.41) is 4.43. The van der Waals surface area contributed by atoms with Crippen molar-refractivity contribution in [3.63, 3.8) is 0 Å². The van der Waals surface area contributed by atoms with Crippen molar-refractivity contribution in [2.24, 2.45) is 0 Å². The van der Waals surface area contributed by atoms with E-state index >= 15 is 0 Å². The zero-order valence-corrected chi connectivity index (χ0v) is 11.7. The highest BCUT2D eigenvalue weighted by molar-refractivity contribution is 7.10. The van der Waals surface area contributed by atoms with Crippen molar-refractivity contribution in [1.29, 1.82) is 0 Å². The van der Waals surface area contributed by atoms with Crippen LogP contribution in [-0.2, 0) is 17.6 Å². The Morgan fingerprint density at radius 2 is 2.10 bits per heavy atom. The Morgan fingerprint density at radius 3 is 2.85 bits per heavy atom. The first-order chi connectivity index (χ1) is 9.47. The quantitative estimate of drug-likeness (QED) is 0.849. The van der Waals surface area contributed by atoms with E-state index in [0.29, 0.717) is 5.56 Å². The average Bonchev–Trinajstić information content (AvgIpc) is 2.80. The molecule has 0 atom stereocenters. The minimum atomic E-state index is -4.32. The Kier molecular flexibility index (Phi) is 5.04. The van der Waals surface area contributed by atoms with Gasteiger partial charge in [-0.1, -0.05) is 0 Å². The number of amides is 1. The van der Waals surface area contributed by atoms with Crippen LogP contribution in [0.15, 0.2) is 5.38 Å². The summed E-state index contributed by atoms with van der Waals surface area (Å²) in [5.41, 5.74) is 1.77. The number of nitrogens with one attached hydrogen (secondary N) is 1. The summed E-state index contributed by atoms with van der Waals surface area (Å²) in [7, 11) is 0. The highest BCUT2D eigenvalue weighted by atomic mass is 32.1. The molecule has 1 heterocycles. The van der Waals surface area contributed by atoms with Gasteiger partial charge in [0.1, 0.15) is 6.61 Å². The van der Waals surface area contributed by atoms with Crippen LogP contribution < -0.4 is 5.32 Å². The molecule has 1 N–H and O–H groups in total. The molecule has 0 aliphatic heterocycles. The summed E-state index contributed by atoms with van der Waals surface area (Å²) in [5.74, 6) is -0.222. The van der Waals surface area contributed by atoms with Crippen LogP contribution in [0.5, 0.6) is 0 Å². The maximum Gasteiger partial charge on any atom is 0.411 e. The first-order valence-electron chi connectivity index (χ1n) is 6.49. The van der Waals surface area contributed by atoms with E-state index in [2.05, 4.69) is 10.1 Å². The van der Waals surface area contributed by atoms with Gasteiger partial charge in [-0.25, -0.2) is 0 Å². The van der Waals surface area contributed by atoms with Gasteiger partial charge in [0.15, 0.2) is 0 Å². The van der Waals surface area contributed by atoms with Crippen molar-refractivity contribution >= 4 is 17.2 Å².